The van der Waals surface area contributed by atoms with Crippen molar-refractivity contribution in [2.75, 3.05) is 0 Å². The van der Waals surface area contributed by atoms with Gasteiger partial charge in [-0.05, 0) is 60.7 Å². The molecule has 0 fully saturated rings. The molecule has 164 valence electrons. The first-order valence-electron chi connectivity index (χ1n) is 11.6. The van der Waals surface area contributed by atoms with Gasteiger partial charge in [0.1, 0.15) is 5.69 Å². The Balaban J connectivity index is 1.87. The fourth-order valence-electron chi connectivity index (χ4n) is 4.90. The number of benzene rings is 3. The number of pyridine rings is 1. The van der Waals surface area contributed by atoms with Crippen LogP contribution >= 0.6 is 0 Å². The molecule has 33 heavy (non-hydrogen) atoms. The summed E-state index contributed by atoms with van der Waals surface area (Å²) in [7, 11) is 2.17. The topological polar surface area (TPSA) is 21.7 Å². The first kappa shape index (κ1) is 21.1. The van der Waals surface area contributed by atoms with Gasteiger partial charge in [0.2, 0.25) is 0 Å². The molecule has 0 radical (unpaired) electrons. The number of rotatable bonds is 4. The molecule has 5 aromatic rings. The van der Waals surface area contributed by atoms with E-state index >= 15 is 0 Å². The van der Waals surface area contributed by atoms with Gasteiger partial charge < -0.3 is 0 Å². The maximum Gasteiger partial charge on any atom is 0.296 e. The third-order valence-electron chi connectivity index (χ3n) is 6.60. The number of nitrogens with zero attached hydrogens (tertiary/aromatic N) is 3. The van der Waals surface area contributed by atoms with Gasteiger partial charge in [-0.2, -0.15) is 4.57 Å². The highest BCUT2D eigenvalue weighted by Crippen LogP contribution is 2.35. The molecule has 0 unspecified atom stereocenters. The molecule has 2 heterocycles. The van der Waals surface area contributed by atoms with Crippen LogP contribution in [0.15, 0.2) is 85.2 Å². The van der Waals surface area contributed by atoms with Crippen molar-refractivity contribution in [3.63, 3.8) is 0 Å². The lowest BCUT2D eigenvalue weighted by Crippen LogP contribution is -2.31. The fourth-order valence-corrected chi connectivity index (χ4v) is 4.90. The molecular formula is C30H30N3+. The van der Waals surface area contributed by atoms with Gasteiger partial charge >= 0.3 is 0 Å². The van der Waals surface area contributed by atoms with E-state index in [0.717, 1.165) is 11.4 Å². The van der Waals surface area contributed by atoms with Crippen molar-refractivity contribution >= 4 is 11.0 Å². The lowest BCUT2D eigenvalue weighted by atomic mass is 9.95. The van der Waals surface area contributed by atoms with E-state index in [0.29, 0.717) is 5.92 Å². The van der Waals surface area contributed by atoms with Crippen LogP contribution in [0.25, 0.3) is 39.2 Å². The Kier molecular flexibility index (Phi) is 5.33. The Morgan fingerprint density at radius 1 is 0.818 bits per heavy atom. The zero-order valence-electron chi connectivity index (χ0n) is 20.0. The molecular weight excluding hydrogens is 402 g/mol. The number of hydrogen-bond donors (Lipinski definition) is 0. The van der Waals surface area contributed by atoms with Crippen molar-refractivity contribution in [1.82, 2.24) is 9.55 Å². The third kappa shape index (κ3) is 3.54. The van der Waals surface area contributed by atoms with Gasteiger partial charge in [0.15, 0.2) is 11.0 Å². The Labute approximate surface area is 196 Å². The molecule has 3 heteroatoms. The van der Waals surface area contributed by atoms with Crippen molar-refractivity contribution in [3.8, 4) is 28.2 Å². The highest BCUT2D eigenvalue weighted by atomic mass is 15.2. The summed E-state index contributed by atoms with van der Waals surface area (Å²) < 4.78 is 4.75. The third-order valence-corrected chi connectivity index (χ3v) is 6.60. The van der Waals surface area contributed by atoms with E-state index in [1.54, 1.807) is 0 Å². The van der Waals surface area contributed by atoms with Gasteiger partial charge in [0, 0.05) is 23.5 Å². The number of aromatic nitrogens is 3. The van der Waals surface area contributed by atoms with Gasteiger partial charge in [0.05, 0.1) is 12.6 Å². The van der Waals surface area contributed by atoms with Crippen LogP contribution < -0.4 is 4.57 Å². The molecule has 3 nitrogen and oxygen atoms in total. The van der Waals surface area contributed by atoms with Crippen LogP contribution in [0.1, 0.15) is 36.5 Å². The standard InChI is InChI=1S/C30H30N3/c1-20(2)25-18-24(23-11-7-6-8-12-23)14-15-27(25)33-28-13-9-10-22(4)29(28)32(5)30(33)26-19-31-17-16-21(26)3/h6-20H,1-5H3/q+1. The maximum absolute atomic E-state index is 4.48. The van der Waals surface area contributed by atoms with Crippen LogP contribution in [-0.4, -0.2) is 9.55 Å². The van der Waals surface area contributed by atoms with Crippen LogP contribution in [0.3, 0.4) is 0 Å². The molecule has 0 bridgehead atoms. The van der Waals surface area contributed by atoms with Crippen molar-refractivity contribution in [2.45, 2.75) is 33.6 Å². The quantitative estimate of drug-likeness (QED) is 0.282. The molecule has 0 spiro atoms. The van der Waals surface area contributed by atoms with Crippen LogP contribution in [0.4, 0.5) is 0 Å². The molecule has 0 saturated heterocycles. The molecule has 0 saturated carbocycles. The van der Waals surface area contributed by atoms with Crippen molar-refractivity contribution < 1.29 is 4.57 Å². The van der Waals surface area contributed by atoms with Gasteiger partial charge in [-0.25, -0.2) is 4.57 Å². The van der Waals surface area contributed by atoms with Crippen molar-refractivity contribution in [2.24, 2.45) is 7.05 Å². The van der Waals surface area contributed by atoms with E-state index in [2.05, 4.69) is 122 Å². The Morgan fingerprint density at radius 2 is 1.61 bits per heavy atom. The highest BCUT2D eigenvalue weighted by molar-refractivity contribution is 5.83. The summed E-state index contributed by atoms with van der Waals surface area (Å²) in [6, 6.07) is 26.2. The summed E-state index contributed by atoms with van der Waals surface area (Å²) in [5, 5.41) is 0. The number of para-hydroxylation sites is 1. The van der Waals surface area contributed by atoms with E-state index in [4.69, 9.17) is 0 Å². The molecule has 2 aromatic heterocycles. The number of imidazole rings is 1. The van der Waals surface area contributed by atoms with E-state index < -0.39 is 0 Å². The molecule has 0 aliphatic rings. The number of aryl methyl sites for hydroxylation is 3. The lowest BCUT2D eigenvalue weighted by Gasteiger charge is -2.15. The minimum Gasteiger partial charge on any atom is -0.264 e. The molecule has 0 aliphatic heterocycles. The smallest absolute Gasteiger partial charge is 0.264 e. The normalized spacial score (nSPS) is 11.5. The molecule has 5 rings (SSSR count). The maximum atomic E-state index is 4.48. The second-order valence-corrected chi connectivity index (χ2v) is 9.15. The average molecular weight is 433 g/mol. The number of hydrogen-bond acceptors (Lipinski definition) is 1. The monoisotopic (exact) mass is 432 g/mol. The average Bonchev–Trinajstić information content (AvgIpc) is 3.12. The second kappa shape index (κ2) is 8.32. The number of fused-ring (bicyclic) bond motifs is 1. The van der Waals surface area contributed by atoms with Crippen LogP contribution in [0, 0.1) is 13.8 Å². The minimum atomic E-state index is 0.374. The Morgan fingerprint density at radius 3 is 2.33 bits per heavy atom. The van der Waals surface area contributed by atoms with E-state index in [1.165, 1.54) is 44.5 Å². The minimum absolute atomic E-state index is 0.374. The largest absolute Gasteiger partial charge is 0.296 e. The zero-order chi connectivity index (χ0) is 23.1. The summed E-state index contributed by atoms with van der Waals surface area (Å²) in [6.07, 6.45) is 3.86. The van der Waals surface area contributed by atoms with Crippen molar-refractivity contribution in [3.05, 3.63) is 102 Å². The molecule has 0 aliphatic carbocycles. The van der Waals surface area contributed by atoms with Gasteiger partial charge in [-0.15, -0.1) is 0 Å². The van der Waals surface area contributed by atoms with Gasteiger partial charge in [-0.1, -0.05) is 62.4 Å². The predicted octanol–water partition coefficient (Wildman–Crippen LogP) is 6.92. The first-order valence-corrected chi connectivity index (χ1v) is 11.6. The lowest BCUT2D eigenvalue weighted by molar-refractivity contribution is -0.634. The zero-order valence-corrected chi connectivity index (χ0v) is 20.0. The summed E-state index contributed by atoms with van der Waals surface area (Å²) in [4.78, 5) is 4.48. The molecule has 0 amide bonds. The Hall–Kier alpha value is -3.72. The Bertz CT molecular complexity index is 1460. The van der Waals surface area contributed by atoms with Crippen LogP contribution in [-0.2, 0) is 7.05 Å². The SMILES string of the molecule is Cc1ccncc1-c1n(-c2ccc(-c3ccccc3)cc2C(C)C)c2cccc(C)c2[n+]1C. The summed E-state index contributed by atoms with van der Waals surface area (Å²) in [5.74, 6) is 1.53. The molecule has 3 aromatic carbocycles. The van der Waals surface area contributed by atoms with E-state index in [-0.39, 0.29) is 0 Å². The van der Waals surface area contributed by atoms with E-state index in [1.807, 2.05) is 12.4 Å². The molecule has 0 atom stereocenters. The molecule has 0 N–H and O–H groups in total. The van der Waals surface area contributed by atoms with Crippen LogP contribution in [0.5, 0.6) is 0 Å². The predicted molar refractivity (Wildman–Crippen MR) is 137 cm³/mol. The summed E-state index contributed by atoms with van der Waals surface area (Å²) >= 11 is 0. The highest BCUT2D eigenvalue weighted by Gasteiger charge is 2.30. The van der Waals surface area contributed by atoms with Gasteiger partial charge in [0.25, 0.3) is 5.82 Å². The van der Waals surface area contributed by atoms with Crippen molar-refractivity contribution in [1.29, 1.82) is 0 Å². The summed E-state index contributed by atoms with van der Waals surface area (Å²) in [5.41, 5.74) is 11.1. The first-order chi connectivity index (χ1) is 16.0. The van der Waals surface area contributed by atoms with Gasteiger partial charge in [-0.3, -0.25) is 4.98 Å². The second-order valence-electron chi connectivity index (χ2n) is 9.15. The van der Waals surface area contributed by atoms with Crippen LogP contribution in [0.2, 0.25) is 0 Å². The van der Waals surface area contributed by atoms with E-state index in [9.17, 15) is 0 Å². The fraction of sp³-hybridized carbons (Fsp3) is 0.200. The summed E-state index contributed by atoms with van der Waals surface area (Å²) in [6.45, 7) is 8.90.